The second kappa shape index (κ2) is 7.89. The van der Waals surface area contributed by atoms with Gasteiger partial charge in [-0.05, 0) is 46.7 Å². The Kier molecular flexibility index (Phi) is 6.72. The summed E-state index contributed by atoms with van der Waals surface area (Å²) < 4.78 is 24.1. The highest BCUT2D eigenvalue weighted by Gasteiger charge is 2.20. The van der Waals surface area contributed by atoms with Crippen molar-refractivity contribution in [3.05, 3.63) is 27.7 Å². The fraction of sp³-hybridized carbons (Fsp3) is 0.429. The molecule has 0 aliphatic heterocycles. The predicted octanol–water partition coefficient (Wildman–Crippen LogP) is 1.11. The van der Waals surface area contributed by atoms with Crippen LogP contribution >= 0.6 is 15.9 Å². The van der Waals surface area contributed by atoms with Crippen LogP contribution in [0.5, 0.6) is 0 Å². The third-order valence-electron chi connectivity index (χ3n) is 3.31. The Morgan fingerprint density at radius 1 is 1.26 bits per heavy atom. The Bertz CT molecular complexity index is 724. The van der Waals surface area contributed by atoms with Crippen molar-refractivity contribution in [1.29, 1.82) is 0 Å². The quantitative estimate of drug-likeness (QED) is 0.541. The number of amides is 1. The van der Waals surface area contributed by atoms with Crippen LogP contribution in [0.1, 0.15) is 29.8 Å². The molecule has 9 heteroatoms. The van der Waals surface area contributed by atoms with Crippen LogP contribution in [0.2, 0.25) is 0 Å². The van der Waals surface area contributed by atoms with Crippen LogP contribution < -0.4 is 11.5 Å². The molecule has 0 fully saturated rings. The number of nitrogens with two attached hydrogens (primary N) is 2. The van der Waals surface area contributed by atoms with Crippen LogP contribution in [-0.4, -0.2) is 44.5 Å². The van der Waals surface area contributed by atoms with Crippen molar-refractivity contribution in [3.8, 4) is 0 Å². The number of carbonyl (C=O) groups excluding carboxylic acids is 1. The maximum Gasteiger partial charge on any atom is 0.280 e. The van der Waals surface area contributed by atoms with Crippen molar-refractivity contribution in [1.82, 2.24) is 4.90 Å². The van der Waals surface area contributed by atoms with Crippen molar-refractivity contribution < 1.29 is 13.2 Å². The largest absolute Gasteiger partial charge is 0.370 e. The topological polar surface area (TPSA) is 119 Å². The number of carbonyl (C=O) groups is 1. The number of halogens is 1. The van der Waals surface area contributed by atoms with E-state index >= 15 is 0 Å². The monoisotopic (exact) mass is 404 g/mol. The minimum atomic E-state index is -3.50. The number of benzene rings is 1. The molecule has 0 atom stereocenters. The Morgan fingerprint density at radius 2 is 1.83 bits per heavy atom. The normalized spacial score (nSPS) is 11.5. The highest BCUT2D eigenvalue weighted by molar-refractivity contribution is 9.10. The molecular formula is C14H21BrN4O3S. The van der Waals surface area contributed by atoms with Crippen molar-refractivity contribution in [2.24, 2.45) is 16.5 Å². The van der Waals surface area contributed by atoms with E-state index in [1.54, 1.807) is 6.07 Å². The predicted molar refractivity (Wildman–Crippen MR) is 94.0 cm³/mol. The lowest BCUT2D eigenvalue weighted by Crippen LogP contribution is -2.26. The van der Waals surface area contributed by atoms with Crippen LogP contribution in [0, 0.1) is 0 Å². The van der Waals surface area contributed by atoms with Gasteiger partial charge in [-0.25, -0.2) is 8.42 Å². The van der Waals surface area contributed by atoms with Gasteiger partial charge in [0.2, 0.25) is 0 Å². The molecule has 4 N–H and O–H groups in total. The maximum absolute atomic E-state index is 12.2. The Morgan fingerprint density at radius 3 is 2.26 bits per heavy atom. The number of hydrogen-bond donors (Lipinski definition) is 2. The standard InChI is InChI=1S/C14H21BrN4O3S/c1-4-19(5-2)8-9-6-11(15)12(23(3,21)22)7-10(9)13(20)18-14(16)17/h6-7H,4-5,8H2,1-3H3,(H4,16,17,18,20). The lowest BCUT2D eigenvalue weighted by molar-refractivity contribution is 0.100. The summed E-state index contributed by atoms with van der Waals surface area (Å²) in [6.07, 6.45) is 1.08. The van der Waals surface area contributed by atoms with Gasteiger partial charge in [-0.3, -0.25) is 9.69 Å². The lowest BCUT2D eigenvalue weighted by atomic mass is 10.1. The highest BCUT2D eigenvalue weighted by Crippen LogP contribution is 2.27. The van der Waals surface area contributed by atoms with Gasteiger partial charge in [0.15, 0.2) is 15.8 Å². The first-order chi connectivity index (χ1) is 10.6. The number of rotatable bonds is 6. The molecule has 0 spiro atoms. The summed E-state index contributed by atoms with van der Waals surface area (Å²) in [7, 11) is -3.50. The van der Waals surface area contributed by atoms with E-state index in [2.05, 4.69) is 25.8 Å². The molecule has 0 heterocycles. The second-order valence-corrected chi connectivity index (χ2v) is 7.85. The van der Waals surface area contributed by atoms with Crippen molar-refractivity contribution >= 4 is 37.6 Å². The maximum atomic E-state index is 12.2. The summed E-state index contributed by atoms with van der Waals surface area (Å²) in [6.45, 7) is 6.06. The van der Waals surface area contributed by atoms with Gasteiger partial charge < -0.3 is 11.5 Å². The van der Waals surface area contributed by atoms with Crippen LogP contribution in [0.15, 0.2) is 26.5 Å². The highest BCUT2D eigenvalue weighted by atomic mass is 79.9. The van der Waals surface area contributed by atoms with Crippen LogP contribution in [0.4, 0.5) is 0 Å². The van der Waals surface area contributed by atoms with E-state index in [1.165, 1.54) is 6.07 Å². The molecule has 0 aliphatic rings. The summed E-state index contributed by atoms with van der Waals surface area (Å²) in [5.74, 6) is -1.03. The molecule has 0 aliphatic carbocycles. The van der Waals surface area contributed by atoms with E-state index in [0.29, 0.717) is 16.6 Å². The molecule has 7 nitrogen and oxygen atoms in total. The van der Waals surface area contributed by atoms with Gasteiger partial charge in [-0.1, -0.05) is 13.8 Å². The van der Waals surface area contributed by atoms with E-state index in [4.69, 9.17) is 11.5 Å². The third-order valence-corrected chi connectivity index (χ3v) is 5.36. The summed E-state index contributed by atoms with van der Waals surface area (Å²) >= 11 is 3.26. The first kappa shape index (κ1) is 19.6. The smallest absolute Gasteiger partial charge is 0.280 e. The molecule has 0 radical (unpaired) electrons. The van der Waals surface area contributed by atoms with Crippen molar-refractivity contribution in [2.75, 3.05) is 19.3 Å². The van der Waals surface area contributed by atoms with Crippen LogP contribution in [-0.2, 0) is 16.4 Å². The van der Waals surface area contributed by atoms with Gasteiger partial charge in [-0.2, -0.15) is 4.99 Å². The number of hydrogen-bond acceptors (Lipinski definition) is 4. The summed E-state index contributed by atoms with van der Waals surface area (Å²) in [5.41, 5.74) is 11.3. The SMILES string of the molecule is CCN(CC)Cc1cc(Br)c(S(C)(=O)=O)cc1C(=O)N=C(N)N. The molecule has 1 rings (SSSR count). The van der Waals surface area contributed by atoms with Gasteiger partial charge in [0.25, 0.3) is 5.91 Å². The van der Waals surface area contributed by atoms with Crippen LogP contribution in [0.3, 0.4) is 0 Å². The minimum absolute atomic E-state index is 0.0231. The Balaban J connectivity index is 3.52. The molecule has 0 aromatic heterocycles. The zero-order valence-electron chi connectivity index (χ0n) is 13.3. The second-order valence-electron chi connectivity index (χ2n) is 5.02. The molecule has 1 amide bonds. The molecule has 0 saturated heterocycles. The lowest BCUT2D eigenvalue weighted by Gasteiger charge is -2.20. The molecule has 128 valence electrons. The van der Waals surface area contributed by atoms with Gasteiger partial charge in [0.05, 0.1) is 4.90 Å². The third kappa shape index (κ3) is 5.29. The van der Waals surface area contributed by atoms with E-state index in [9.17, 15) is 13.2 Å². The van der Waals surface area contributed by atoms with Crippen molar-refractivity contribution in [3.63, 3.8) is 0 Å². The molecule has 0 unspecified atom stereocenters. The zero-order valence-corrected chi connectivity index (χ0v) is 15.7. The van der Waals surface area contributed by atoms with E-state index in [-0.39, 0.29) is 16.4 Å². The summed E-state index contributed by atoms with van der Waals surface area (Å²) in [5, 5.41) is 0. The van der Waals surface area contributed by atoms with Crippen LogP contribution in [0.25, 0.3) is 0 Å². The van der Waals surface area contributed by atoms with Crippen molar-refractivity contribution in [2.45, 2.75) is 25.3 Å². The molecule has 1 aromatic carbocycles. The molecular weight excluding hydrogens is 384 g/mol. The van der Waals surface area contributed by atoms with E-state index < -0.39 is 15.7 Å². The fourth-order valence-corrected chi connectivity index (χ4v) is 4.09. The van der Waals surface area contributed by atoms with E-state index in [0.717, 1.165) is 19.3 Å². The number of sulfone groups is 1. The molecule has 0 bridgehead atoms. The Hall–Kier alpha value is -1.45. The van der Waals surface area contributed by atoms with Gasteiger partial charge in [0.1, 0.15) is 0 Å². The van der Waals surface area contributed by atoms with Gasteiger partial charge in [0, 0.05) is 22.8 Å². The number of aliphatic imine (C=N–C) groups is 1. The minimum Gasteiger partial charge on any atom is -0.370 e. The van der Waals surface area contributed by atoms with Gasteiger partial charge in [-0.15, -0.1) is 0 Å². The first-order valence-electron chi connectivity index (χ1n) is 6.98. The average molecular weight is 405 g/mol. The molecule has 1 aromatic rings. The van der Waals surface area contributed by atoms with E-state index in [1.807, 2.05) is 13.8 Å². The summed E-state index contributed by atoms with van der Waals surface area (Å²) in [4.78, 5) is 17.9. The number of nitrogens with zero attached hydrogens (tertiary/aromatic N) is 2. The first-order valence-corrected chi connectivity index (χ1v) is 9.67. The molecule has 0 saturated carbocycles. The fourth-order valence-electron chi connectivity index (χ4n) is 2.07. The average Bonchev–Trinajstić information content (AvgIpc) is 2.42. The summed E-state index contributed by atoms with van der Waals surface area (Å²) in [6, 6.07) is 2.94. The number of guanidine groups is 1. The zero-order chi connectivity index (χ0) is 17.8. The Labute approximate surface area is 144 Å². The van der Waals surface area contributed by atoms with Gasteiger partial charge >= 0.3 is 0 Å². The molecule has 23 heavy (non-hydrogen) atoms.